The number of benzene rings is 1. The van der Waals surface area contributed by atoms with Crippen molar-refractivity contribution in [2.24, 2.45) is 5.14 Å². The van der Waals surface area contributed by atoms with Crippen molar-refractivity contribution in [3.8, 4) is 5.69 Å². The van der Waals surface area contributed by atoms with E-state index in [0.29, 0.717) is 16.4 Å². The first-order valence-corrected chi connectivity index (χ1v) is 6.43. The van der Waals surface area contributed by atoms with Crippen molar-refractivity contribution in [1.29, 1.82) is 0 Å². The number of anilines is 1. The zero-order valence-corrected chi connectivity index (χ0v) is 10.1. The summed E-state index contributed by atoms with van der Waals surface area (Å²) in [6.45, 7) is 0. The summed E-state index contributed by atoms with van der Waals surface area (Å²) >= 11 is 5.73. The van der Waals surface area contributed by atoms with Gasteiger partial charge in [0.15, 0.2) is 0 Å². The lowest BCUT2D eigenvalue weighted by Gasteiger charge is -2.07. The van der Waals surface area contributed by atoms with Gasteiger partial charge in [-0.3, -0.25) is 0 Å². The van der Waals surface area contributed by atoms with Gasteiger partial charge in [-0.25, -0.2) is 18.2 Å². The Labute approximate surface area is 103 Å². The van der Waals surface area contributed by atoms with E-state index in [9.17, 15) is 8.42 Å². The maximum absolute atomic E-state index is 11.2. The molecule has 1 aromatic carbocycles. The van der Waals surface area contributed by atoms with Crippen LogP contribution in [0.25, 0.3) is 5.69 Å². The molecule has 8 heteroatoms. The monoisotopic (exact) mass is 272 g/mol. The van der Waals surface area contributed by atoms with Gasteiger partial charge in [0, 0.05) is 6.20 Å². The minimum Gasteiger partial charge on any atom is -0.397 e. The molecular weight excluding hydrogens is 264 g/mol. The number of nitrogens with two attached hydrogens (primary N) is 2. The molecule has 0 saturated carbocycles. The summed E-state index contributed by atoms with van der Waals surface area (Å²) in [4.78, 5) is -0.0340. The van der Waals surface area contributed by atoms with E-state index in [-0.39, 0.29) is 4.90 Å². The predicted molar refractivity (Wildman–Crippen MR) is 64.4 cm³/mol. The maximum atomic E-state index is 11.2. The van der Waals surface area contributed by atoms with Crippen LogP contribution in [0.5, 0.6) is 0 Å². The van der Waals surface area contributed by atoms with Crippen LogP contribution in [0.3, 0.4) is 0 Å². The highest BCUT2D eigenvalue weighted by molar-refractivity contribution is 7.89. The molecule has 90 valence electrons. The Morgan fingerprint density at radius 3 is 2.59 bits per heavy atom. The fourth-order valence-electron chi connectivity index (χ4n) is 1.33. The summed E-state index contributed by atoms with van der Waals surface area (Å²) in [7, 11) is -3.77. The number of primary sulfonamides is 1. The Hall–Kier alpha value is -1.57. The molecule has 0 amide bonds. The highest BCUT2D eigenvalue weighted by Gasteiger charge is 2.12. The third-order valence-electron chi connectivity index (χ3n) is 2.13. The number of hydrogen-bond donors (Lipinski definition) is 2. The molecule has 2 rings (SSSR count). The standard InChI is InChI=1S/C9H9ClN4O2S/c10-6-4-13-14(5-6)9-3-7(17(12,15)16)1-2-8(9)11/h1-5H,11H2,(H2,12,15,16). The molecule has 1 heterocycles. The second kappa shape index (κ2) is 4.02. The molecule has 17 heavy (non-hydrogen) atoms. The van der Waals surface area contributed by atoms with E-state index in [0.717, 1.165) is 0 Å². The first-order valence-electron chi connectivity index (χ1n) is 4.51. The van der Waals surface area contributed by atoms with Gasteiger partial charge in [-0.1, -0.05) is 11.6 Å². The van der Waals surface area contributed by atoms with Crippen molar-refractivity contribution in [2.75, 3.05) is 5.73 Å². The fraction of sp³-hybridized carbons (Fsp3) is 0. The molecule has 0 fully saturated rings. The minimum absolute atomic E-state index is 0.0340. The molecule has 0 spiro atoms. The molecule has 0 aliphatic rings. The van der Waals surface area contributed by atoms with Gasteiger partial charge < -0.3 is 5.73 Å². The van der Waals surface area contributed by atoms with Crippen molar-refractivity contribution in [3.63, 3.8) is 0 Å². The number of sulfonamides is 1. The number of halogens is 1. The molecule has 2 aromatic rings. The molecular formula is C9H9ClN4O2S. The lowest BCUT2D eigenvalue weighted by molar-refractivity contribution is 0.597. The average Bonchev–Trinajstić information content (AvgIpc) is 2.63. The van der Waals surface area contributed by atoms with Crippen LogP contribution in [-0.4, -0.2) is 18.2 Å². The maximum Gasteiger partial charge on any atom is 0.238 e. The quantitative estimate of drug-likeness (QED) is 0.787. The van der Waals surface area contributed by atoms with Crippen LogP contribution in [0.2, 0.25) is 5.02 Å². The summed E-state index contributed by atoms with van der Waals surface area (Å²) in [6, 6.07) is 4.12. The second-order valence-electron chi connectivity index (χ2n) is 3.37. The molecule has 0 aliphatic carbocycles. The molecule has 0 saturated heterocycles. The van der Waals surface area contributed by atoms with Gasteiger partial charge in [0.25, 0.3) is 0 Å². The third kappa shape index (κ3) is 2.41. The van der Waals surface area contributed by atoms with Crippen LogP contribution in [0.4, 0.5) is 5.69 Å². The Kier molecular flexibility index (Phi) is 2.82. The van der Waals surface area contributed by atoms with Crippen molar-refractivity contribution in [1.82, 2.24) is 9.78 Å². The van der Waals surface area contributed by atoms with Crippen LogP contribution >= 0.6 is 11.6 Å². The Morgan fingerprint density at radius 2 is 2.06 bits per heavy atom. The Bertz CT molecular complexity index is 665. The zero-order valence-electron chi connectivity index (χ0n) is 8.54. The molecule has 0 radical (unpaired) electrons. The van der Waals surface area contributed by atoms with E-state index in [1.807, 2.05) is 0 Å². The van der Waals surface area contributed by atoms with Gasteiger partial charge in [-0.2, -0.15) is 5.10 Å². The van der Waals surface area contributed by atoms with Gasteiger partial charge in [-0.05, 0) is 18.2 Å². The molecule has 0 bridgehead atoms. The molecule has 0 unspecified atom stereocenters. The van der Waals surface area contributed by atoms with E-state index in [4.69, 9.17) is 22.5 Å². The number of nitrogens with zero attached hydrogens (tertiary/aromatic N) is 2. The van der Waals surface area contributed by atoms with Gasteiger partial charge in [0.2, 0.25) is 10.0 Å². The molecule has 6 nitrogen and oxygen atoms in total. The highest BCUT2D eigenvalue weighted by Crippen LogP contribution is 2.21. The fourth-order valence-corrected chi connectivity index (χ4v) is 2.00. The first kappa shape index (κ1) is 11.9. The summed E-state index contributed by atoms with van der Waals surface area (Å²) < 4.78 is 23.8. The molecule has 0 aliphatic heterocycles. The van der Waals surface area contributed by atoms with Crippen LogP contribution < -0.4 is 10.9 Å². The molecule has 4 N–H and O–H groups in total. The van der Waals surface area contributed by atoms with Crippen molar-refractivity contribution >= 4 is 27.3 Å². The van der Waals surface area contributed by atoms with Gasteiger partial charge in [-0.15, -0.1) is 0 Å². The summed E-state index contributed by atoms with van der Waals surface area (Å²) in [5.74, 6) is 0. The van der Waals surface area contributed by atoms with Crippen LogP contribution in [0.15, 0.2) is 35.5 Å². The summed E-state index contributed by atoms with van der Waals surface area (Å²) in [5.41, 5.74) is 6.51. The highest BCUT2D eigenvalue weighted by atomic mass is 35.5. The zero-order chi connectivity index (χ0) is 12.6. The SMILES string of the molecule is Nc1ccc(S(N)(=O)=O)cc1-n1cc(Cl)cn1. The van der Waals surface area contributed by atoms with E-state index in [2.05, 4.69) is 5.10 Å². The minimum atomic E-state index is -3.77. The van der Waals surface area contributed by atoms with Crippen LogP contribution in [-0.2, 0) is 10.0 Å². The van der Waals surface area contributed by atoms with E-state index in [1.54, 1.807) is 0 Å². The topological polar surface area (TPSA) is 104 Å². The lowest BCUT2D eigenvalue weighted by Crippen LogP contribution is -2.13. The van der Waals surface area contributed by atoms with Crippen molar-refractivity contribution < 1.29 is 8.42 Å². The summed E-state index contributed by atoms with van der Waals surface area (Å²) in [6.07, 6.45) is 2.94. The Balaban J connectivity index is 2.62. The third-order valence-corrected chi connectivity index (χ3v) is 3.23. The largest absolute Gasteiger partial charge is 0.397 e. The van der Waals surface area contributed by atoms with Gasteiger partial charge in [0.1, 0.15) is 0 Å². The lowest BCUT2D eigenvalue weighted by atomic mass is 10.3. The summed E-state index contributed by atoms with van der Waals surface area (Å²) in [5, 5.41) is 9.40. The van der Waals surface area contributed by atoms with Gasteiger partial charge in [0.05, 0.1) is 27.5 Å². The Morgan fingerprint density at radius 1 is 1.35 bits per heavy atom. The first-order chi connectivity index (χ1) is 7.88. The van der Waals surface area contributed by atoms with Crippen LogP contribution in [0.1, 0.15) is 0 Å². The number of hydrogen-bond acceptors (Lipinski definition) is 4. The van der Waals surface area contributed by atoms with Crippen LogP contribution in [0, 0.1) is 0 Å². The molecule has 0 atom stereocenters. The number of rotatable bonds is 2. The average molecular weight is 273 g/mol. The van der Waals surface area contributed by atoms with E-state index < -0.39 is 10.0 Å². The normalized spacial score (nSPS) is 11.6. The van der Waals surface area contributed by atoms with E-state index >= 15 is 0 Å². The van der Waals surface area contributed by atoms with Gasteiger partial charge >= 0.3 is 0 Å². The number of aromatic nitrogens is 2. The van der Waals surface area contributed by atoms with Crippen molar-refractivity contribution in [3.05, 3.63) is 35.6 Å². The van der Waals surface area contributed by atoms with Crippen molar-refractivity contribution in [2.45, 2.75) is 4.90 Å². The smallest absolute Gasteiger partial charge is 0.238 e. The van der Waals surface area contributed by atoms with E-state index in [1.165, 1.54) is 35.3 Å². The predicted octanol–water partition coefficient (Wildman–Crippen LogP) is 0.755. The second-order valence-corrected chi connectivity index (χ2v) is 5.37. The number of nitrogen functional groups attached to an aromatic ring is 1. The molecule has 1 aromatic heterocycles.